The Labute approximate surface area is 185 Å². The summed E-state index contributed by atoms with van der Waals surface area (Å²) in [5.41, 5.74) is 2.83. The van der Waals surface area contributed by atoms with Crippen molar-refractivity contribution in [3.63, 3.8) is 0 Å². The van der Waals surface area contributed by atoms with Crippen molar-refractivity contribution in [2.75, 3.05) is 6.61 Å². The Morgan fingerprint density at radius 3 is 2.35 bits per heavy atom. The van der Waals surface area contributed by atoms with E-state index in [1.807, 2.05) is 48.5 Å². The largest absolute Gasteiger partial charge is 0.494 e. The highest BCUT2D eigenvalue weighted by molar-refractivity contribution is 5.69. The highest BCUT2D eigenvalue weighted by atomic mass is 16.5. The van der Waals surface area contributed by atoms with E-state index in [1.165, 1.54) is 0 Å². The second-order valence-electron chi connectivity index (χ2n) is 7.96. The van der Waals surface area contributed by atoms with Crippen LogP contribution in [0.25, 0.3) is 11.1 Å². The van der Waals surface area contributed by atoms with Crippen molar-refractivity contribution in [2.24, 2.45) is 0 Å². The lowest BCUT2D eigenvalue weighted by Crippen LogP contribution is -2.18. The summed E-state index contributed by atoms with van der Waals surface area (Å²) >= 11 is 0. The maximum atomic E-state index is 12.1. The van der Waals surface area contributed by atoms with E-state index in [-0.39, 0.29) is 12.1 Å². The van der Waals surface area contributed by atoms with Crippen molar-refractivity contribution in [2.45, 2.75) is 63.9 Å². The minimum Gasteiger partial charge on any atom is -0.494 e. The maximum absolute atomic E-state index is 12.1. The third-order valence-electron chi connectivity index (χ3n) is 5.51. The number of carbonyl (C=O) groups excluding carboxylic acids is 1. The van der Waals surface area contributed by atoms with Crippen molar-refractivity contribution in [3.05, 3.63) is 66.2 Å². The monoisotopic (exact) mass is 417 g/mol. The number of allylic oxidation sites excluding steroid dienone is 2. The molecule has 0 N–H and O–H groups in total. The number of hydrogen-bond donors (Lipinski definition) is 0. The summed E-state index contributed by atoms with van der Waals surface area (Å²) in [4.78, 5) is 12.1. The Morgan fingerprint density at radius 1 is 0.903 bits per heavy atom. The number of unbranched alkanes of at least 4 members (excludes halogenated alkanes) is 2. The summed E-state index contributed by atoms with van der Waals surface area (Å²) in [6, 6.07) is 17.7. The minimum atomic E-state index is -0.0612. The second kappa shape index (κ2) is 12.6. The molecule has 0 fully saturated rings. The van der Waals surface area contributed by atoms with Crippen molar-refractivity contribution < 1.29 is 14.3 Å². The molecule has 1 unspecified atom stereocenters. The summed E-state index contributed by atoms with van der Waals surface area (Å²) in [6.07, 6.45) is 12.8. The third-order valence-corrected chi connectivity index (χ3v) is 5.51. The number of carbonyl (C=O) groups is 1. The smallest absolute Gasteiger partial charge is 0.306 e. The van der Waals surface area contributed by atoms with E-state index in [0.717, 1.165) is 68.2 Å². The fourth-order valence-electron chi connectivity index (χ4n) is 3.71. The molecular weight excluding hydrogens is 386 g/mol. The highest BCUT2D eigenvalue weighted by Crippen LogP contribution is 2.23. The van der Waals surface area contributed by atoms with Gasteiger partial charge in [0.2, 0.25) is 0 Å². The summed E-state index contributed by atoms with van der Waals surface area (Å²) in [6.45, 7) is 0.639. The first kappa shape index (κ1) is 22.6. The van der Waals surface area contributed by atoms with Gasteiger partial charge in [0.15, 0.2) is 0 Å². The number of esters is 1. The van der Waals surface area contributed by atoms with Crippen LogP contribution in [-0.2, 0) is 9.53 Å². The third kappa shape index (κ3) is 7.94. The average molecular weight is 418 g/mol. The quantitative estimate of drug-likeness (QED) is 0.262. The van der Waals surface area contributed by atoms with Crippen LogP contribution >= 0.6 is 0 Å². The van der Waals surface area contributed by atoms with E-state index in [9.17, 15) is 4.79 Å². The summed E-state index contributed by atoms with van der Waals surface area (Å²) in [7, 11) is 0. The minimum absolute atomic E-state index is 0.0612. The van der Waals surface area contributed by atoms with Crippen molar-refractivity contribution in [1.82, 2.24) is 0 Å². The van der Waals surface area contributed by atoms with Gasteiger partial charge in [-0.1, -0.05) is 36.4 Å². The van der Waals surface area contributed by atoms with Gasteiger partial charge in [-0.3, -0.25) is 4.79 Å². The van der Waals surface area contributed by atoms with E-state index in [1.54, 1.807) is 0 Å². The zero-order chi connectivity index (χ0) is 21.7. The van der Waals surface area contributed by atoms with Gasteiger partial charge < -0.3 is 9.47 Å². The van der Waals surface area contributed by atoms with Gasteiger partial charge >= 0.3 is 5.97 Å². The molecule has 0 radical (unpaired) electrons. The Hall–Kier alpha value is -3.06. The van der Waals surface area contributed by atoms with Crippen molar-refractivity contribution in [3.8, 4) is 22.9 Å². The predicted molar refractivity (Wildman–Crippen MR) is 123 cm³/mol. The van der Waals surface area contributed by atoms with Gasteiger partial charge in [0.25, 0.3) is 0 Å². The molecule has 0 aliphatic heterocycles. The van der Waals surface area contributed by atoms with Gasteiger partial charge in [-0.2, -0.15) is 5.26 Å². The predicted octanol–water partition coefficient (Wildman–Crippen LogP) is 6.60. The van der Waals surface area contributed by atoms with Crippen LogP contribution in [0.1, 0.15) is 63.4 Å². The standard InChI is InChI=1S/C27H31NO3/c28-21-22-12-14-23(15-13-22)24-16-18-25(19-17-24)30-20-8-4-7-11-27(29)31-26-9-5-2-1-3-6-10-26/h1-2,12-19,26H,3-11,20H2/b2-1-. The zero-order valence-corrected chi connectivity index (χ0v) is 18.1. The van der Waals surface area contributed by atoms with E-state index in [4.69, 9.17) is 14.7 Å². The molecule has 2 aromatic rings. The molecule has 4 heteroatoms. The molecule has 1 atom stereocenters. The number of ether oxygens (including phenoxy) is 2. The molecule has 0 aromatic heterocycles. The van der Waals surface area contributed by atoms with Gasteiger partial charge in [-0.05, 0) is 86.8 Å². The van der Waals surface area contributed by atoms with Gasteiger partial charge in [0, 0.05) is 6.42 Å². The average Bonchev–Trinajstić information content (AvgIpc) is 2.78. The normalized spacial score (nSPS) is 17.1. The molecule has 1 aliphatic carbocycles. The van der Waals surface area contributed by atoms with E-state index >= 15 is 0 Å². The van der Waals surface area contributed by atoms with Crippen LogP contribution in [0.5, 0.6) is 5.75 Å². The fourth-order valence-corrected chi connectivity index (χ4v) is 3.71. The number of benzene rings is 2. The molecular formula is C27H31NO3. The molecule has 0 spiro atoms. The van der Waals surface area contributed by atoms with Crippen molar-refractivity contribution in [1.29, 1.82) is 5.26 Å². The highest BCUT2D eigenvalue weighted by Gasteiger charge is 2.14. The topological polar surface area (TPSA) is 59.3 Å². The Balaban J connectivity index is 1.29. The van der Waals surface area contributed by atoms with Crippen LogP contribution in [0.2, 0.25) is 0 Å². The number of nitriles is 1. The summed E-state index contributed by atoms with van der Waals surface area (Å²) in [5.74, 6) is 0.781. The molecule has 1 aliphatic rings. The first-order valence-corrected chi connectivity index (χ1v) is 11.3. The molecule has 0 bridgehead atoms. The van der Waals surface area contributed by atoms with Crippen LogP contribution in [0.3, 0.4) is 0 Å². The summed E-state index contributed by atoms with van der Waals surface area (Å²) in [5, 5.41) is 8.89. The SMILES string of the molecule is N#Cc1ccc(-c2ccc(OCCCCCC(=O)OC3CC/C=C\CCC3)cc2)cc1. The molecule has 2 aromatic carbocycles. The fraction of sp³-hybridized carbons (Fsp3) is 0.407. The van der Waals surface area contributed by atoms with Gasteiger partial charge in [-0.15, -0.1) is 0 Å². The van der Waals surface area contributed by atoms with Crippen LogP contribution in [0.4, 0.5) is 0 Å². The molecule has 31 heavy (non-hydrogen) atoms. The van der Waals surface area contributed by atoms with Crippen LogP contribution in [0, 0.1) is 11.3 Å². The number of hydrogen-bond acceptors (Lipinski definition) is 4. The van der Waals surface area contributed by atoms with Gasteiger partial charge in [0.1, 0.15) is 11.9 Å². The maximum Gasteiger partial charge on any atom is 0.306 e. The van der Waals surface area contributed by atoms with E-state index in [0.29, 0.717) is 18.6 Å². The van der Waals surface area contributed by atoms with Crippen LogP contribution in [0.15, 0.2) is 60.7 Å². The van der Waals surface area contributed by atoms with Gasteiger partial charge in [-0.25, -0.2) is 0 Å². The van der Waals surface area contributed by atoms with Crippen LogP contribution in [-0.4, -0.2) is 18.7 Å². The summed E-state index contributed by atoms with van der Waals surface area (Å²) < 4.78 is 11.5. The molecule has 4 nitrogen and oxygen atoms in total. The molecule has 162 valence electrons. The van der Waals surface area contributed by atoms with E-state index in [2.05, 4.69) is 18.2 Å². The molecule has 3 rings (SSSR count). The number of rotatable bonds is 9. The molecule has 0 amide bonds. The molecule has 0 saturated carbocycles. The first-order chi connectivity index (χ1) is 15.2. The Morgan fingerprint density at radius 2 is 1.61 bits per heavy atom. The van der Waals surface area contributed by atoms with Gasteiger partial charge in [0.05, 0.1) is 18.2 Å². The van der Waals surface area contributed by atoms with Crippen LogP contribution < -0.4 is 4.74 Å². The van der Waals surface area contributed by atoms with Crippen molar-refractivity contribution >= 4 is 5.97 Å². The molecule has 0 saturated heterocycles. The lowest BCUT2D eigenvalue weighted by Gasteiger charge is -2.18. The zero-order valence-electron chi connectivity index (χ0n) is 18.1. The molecule has 0 heterocycles. The van der Waals surface area contributed by atoms with E-state index < -0.39 is 0 Å². The lowest BCUT2D eigenvalue weighted by molar-refractivity contribution is -0.149. The first-order valence-electron chi connectivity index (χ1n) is 11.3. The lowest BCUT2D eigenvalue weighted by atomic mass is 10.0. The second-order valence-corrected chi connectivity index (χ2v) is 7.96. The number of nitrogens with zero attached hydrogens (tertiary/aromatic N) is 1. The Bertz CT molecular complexity index is 878. The Kier molecular flexibility index (Phi) is 9.19.